The van der Waals surface area contributed by atoms with Crippen molar-refractivity contribution < 1.29 is 4.79 Å². The van der Waals surface area contributed by atoms with Crippen LogP contribution in [0.25, 0.3) is 0 Å². The average molecular weight is 338 g/mol. The smallest absolute Gasteiger partial charge is 0.251 e. The Hall–Kier alpha value is -2.43. The average Bonchev–Trinajstić information content (AvgIpc) is 2.62. The lowest BCUT2D eigenvalue weighted by molar-refractivity contribution is 0.0950. The number of aryl methyl sites for hydroxylation is 3. The van der Waals surface area contributed by atoms with Crippen molar-refractivity contribution in [1.82, 2.24) is 15.3 Å². The molecule has 1 N–H and O–H groups in total. The van der Waals surface area contributed by atoms with Gasteiger partial charge in [0.05, 0.1) is 12.2 Å². The number of aromatic nitrogens is 2. The molecule has 2 aromatic rings. The van der Waals surface area contributed by atoms with E-state index in [1.165, 1.54) is 24.8 Å². The second kappa shape index (κ2) is 7.64. The molecular weight excluding hydrogens is 312 g/mol. The fraction of sp³-hybridized carbons (Fsp3) is 0.450. The first-order valence-electron chi connectivity index (χ1n) is 8.98. The van der Waals surface area contributed by atoms with Gasteiger partial charge in [-0.15, -0.1) is 0 Å². The van der Waals surface area contributed by atoms with Crippen LogP contribution in [0.1, 0.15) is 52.1 Å². The Bertz CT molecular complexity index is 766. The Kier molecular flexibility index (Phi) is 5.31. The van der Waals surface area contributed by atoms with Crippen LogP contribution < -0.4 is 10.2 Å². The number of amides is 1. The third-order valence-electron chi connectivity index (χ3n) is 4.73. The van der Waals surface area contributed by atoms with Gasteiger partial charge in [0.2, 0.25) is 5.95 Å². The van der Waals surface area contributed by atoms with Crippen LogP contribution in [-0.2, 0) is 6.54 Å². The topological polar surface area (TPSA) is 58.1 Å². The number of benzene rings is 1. The van der Waals surface area contributed by atoms with Gasteiger partial charge in [0.15, 0.2) is 0 Å². The minimum Gasteiger partial charge on any atom is -0.346 e. The van der Waals surface area contributed by atoms with Gasteiger partial charge in [0.1, 0.15) is 0 Å². The molecule has 0 radical (unpaired) electrons. The van der Waals surface area contributed by atoms with Crippen molar-refractivity contribution in [1.29, 1.82) is 0 Å². The van der Waals surface area contributed by atoms with Crippen LogP contribution >= 0.6 is 0 Å². The minimum absolute atomic E-state index is 0.0705. The molecule has 0 bridgehead atoms. The highest BCUT2D eigenvalue weighted by Crippen LogP contribution is 2.17. The maximum Gasteiger partial charge on any atom is 0.251 e. The van der Waals surface area contributed by atoms with E-state index in [-0.39, 0.29) is 5.91 Å². The van der Waals surface area contributed by atoms with E-state index >= 15 is 0 Å². The summed E-state index contributed by atoms with van der Waals surface area (Å²) in [6.07, 6.45) is 3.66. The molecule has 132 valence electrons. The second-order valence-electron chi connectivity index (χ2n) is 6.83. The van der Waals surface area contributed by atoms with Crippen molar-refractivity contribution in [3.8, 4) is 0 Å². The van der Waals surface area contributed by atoms with Crippen LogP contribution in [-0.4, -0.2) is 29.0 Å². The standard InChI is InChI=1S/C20H26N4O/c1-14-7-8-17(11-15(14)2)19(25)21-13-18-12-16(3)22-20(23-18)24-9-5-4-6-10-24/h7-8,11-12H,4-6,9-10,13H2,1-3H3,(H,21,25). The predicted molar refractivity (Wildman–Crippen MR) is 99.9 cm³/mol. The Morgan fingerprint density at radius 2 is 1.80 bits per heavy atom. The largest absolute Gasteiger partial charge is 0.346 e. The molecule has 0 atom stereocenters. The van der Waals surface area contributed by atoms with E-state index in [2.05, 4.69) is 20.2 Å². The fourth-order valence-corrected chi connectivity index (χ4v) is 3.10. The van der Waals surface area contributed by atoms with Crippen LogP contribution in [0.3, 0.4) is 0 Å². The molecule has 0 aliphatic carbocycles. The van der Waals surface area contributed by atoms with Gasteiger partial charge in [-0.25, -0.2) is 9.97 Å². The van der Waals surface area contributed by atoms with Crippen molar-refractivity contribution >= 4 is 11.9 Å². The molecule has 1 saturated heterocycles. The van der Waals surface area contributed by atoms with E-state index in [1.54, 1.807) is 0 Å². The van der Waals surface area contributed by atoms with Crippen LogP contribution in [0.5, 0.6) is 0 Å². The number of hydrogen-bond donors (Lipinski definition) is 1. The second-order valence-corrected chi connectivity index (χ2v) is 6.83. The first kappa shape index (κ1) is 17.4. The highest BCUT2D eigenvalue weighted by molar-refractivity contribution is 5.94. The number of anilines is 1. The van der Waals surface area contributed by atoms with Gasteiger partial charge in [-0.05, 0) is 69.4 Å². The van der Waals surface area contributed by atoms with E-state index in [0.717, 1.165) is 36.0 Å². The molecular formula is C20H26N4O. The van der Waals surface area contributed by atoms with E-state index < -0.39 is 0 Å². The molecule has 1 aliphatic heterocycles. The van der Waals surface area contributed by atoms with Crippen molar-refractivity contribution in [2.45, 2.75) is 46.6 Å². The van der Waals surface area contributed by atoms with Crippen LogP contribution in [0, 0.1) is 20.8 Å². The Morgan fingerprint density at radius 1 is 1.04 bits per heavy atom. The monoisotopic (exact) mass is 338 g/mol. The van der Waals surface area contributed by atoms with Crippen molar-refractivity contribution in [2.24, 2.45) is 0 Å². The molecule has 3 rings (SSSR count). The number of carbonyl (C=O) groups excluding carboxylic acids is 1. The molecule has 2 heterocycles. The zero-order valence-corrected chi connectivity index (χ0v) is 15.3. The number of hydrogen-bond acceptors (Lipinski definition) is 4. The van der Waals surface area contributed by atoms with E-state index in [0.29, 0.717) is 12.1 Å². The predicted octanol–water partition coefficient (Wildman–Crippen LogP) is 3.32. The summed E-state index contributed by atoms with van der Waals surface area (Å²) in [5, 5.41) is 2.97. The zero-order chi connectivity index (χ0) is 17.8. The number of carbonyl (C=O) groups is 1. The fourth-order valence-electron chi connectivity index (χ4n) is 3.10. The molecule has 1 aromatic carbocycles. The Morgan fingerprint density at radius 3 is 2.52 bits per heavy atom. The highest BCUT2D eigenvalue weighted by Gasteiger charge is 2.15. The first-order valence-corrected chi connectivity index (χ1v) is 8.98. The first-order chi connectivity index (χ1) is 12.0. The molecule has 1 fully saturated rings. The van der Waals surface area contributed by atoms with Crippen LogP contribution in [0.15, 0.2) is 24.3 Å². The Labute approximate surface area is 149 Å². The van der Waals surface area contributed by atoms with Crippen LogP contribution in [0.4, 0.5) is 5.95 Å². The molecule has 5 heteroatoms. The quantitative estimate of drug-likeness (QED) is 0.929. The summed E-state index contributed by atoms with van der Waals surface area (Å²) in [6.45, 7) is 8.48. The lowest BCUT2D eigenvalue weighted by atomic mass is 10.1. The van der Waals surface area contributed by atoms with Gasteiger partial charge < -0.3 is 10.2 Å². The van der Waals surface area contributed by atoms with E-state index in [1.807, 2.05) is 45.0 Å². The van der Waals surface area contributed by atoms with Gasteiger partial charge in [-0.3, -0.25) is 4.79 Å². The van der Waals surface area contributed by atoms with E-state index in [9.17, 15) is 4.79 Å². The molecule has 1 aliphatic rings. The van der Waals surface area contributed by atoms with Crippen molar-refractivity contribution in [2.75, 3.05) is 18.0 Å². The third-order valence-corrected chi connectivity index (χ3v) is 4.73. The number of rotatable bonds is 4. The van der Waals surface area contributed by atoms with Crippen molar-refractivity contribution in [3.05, 3.63) is 52.3 Å². The molecule has 25 heavy (non-hydrogen) atoms. The molecule has 1 aromatic heterocycles. The molecule has 5 nitrogen and oxygen atoms in total. The summed E-state index contributed by atoms with van der Waals surface area (Å²) >= 11 is 0. The van der Waals surface area contributed by atoms with Crippen molar-refractivity contribution in [3.63, 3.8) is 0 Å². The van der Waals surface area contributed by atoms with Gasteiger partial charge >= 0.3 is 0 Å². The van der Waals surface area contributed by atoms with Gasteiger partial charge in [0, 0.05) is 24.3 Å². The summed E-state index contributed by atoms with van der Waals surface area (Å²) in [4.78, 5) is 23.9. The number of nitrogens with zero attached hydrogens (tertiary/aromatic N) is 3. The SMILES string of the molecule is Cc1cc(CNC(=O)c2ccc(C)c(C)c2)nc(N2CCCCC2)n1. The summed E-state index contributed by atoms with van der Waals surface area (Å²) in [7, 11) is 0. The normalized spacial score (nSPS) is 14.4. The molecule has 1 amide bonds. The lowest BCUT2D eigenvalue weighted by Crippen LogP contribution is -2.32. The summed E-state index contributed by atoms with van der Waals surface area (Å²) in [5.74, 6) is 0.717. The zero-order valence-electron chi connectivity index (χ0n) is 15.3. The maximum absolute atomic E-state index is 12.4. The Balaban J connectivity index is 1.68. The number of nitrogens with one attached hydrogen (secondary N) is 1. The summed E-state index contributed by atoms with van der Waals surface area (Å²) < 4.78 is 0. The van der Waals surface area contributed by atoms with Gasteiger partial charge in [-0.2, -0.15) is 0 Å². The number of piperidine rings is 1. The molecule has 0 spiro atoms. The third kappa shape index (κ3) is 4.35. The highest BCUT2D eigenvalue weighted by atomic mass is 16.1. The molecule has 0 unspecified atom stereocenters. The van der Waals surface area contributed by atoms with E-state index in [4.69, 9.17) is 0 Å². The molecule has 0 saturated carbocycles. The lowest BCUT2D eigenvalue weighted by Gasteiger charge is -2.27. The maximum atomic E-state index is 12.4. The summed E-state index contributed by atoms with van der Waals surface area (Å²) in [6, 6.07) is 7.71. The van der Waals surface area contributed by atoms with Crippen LogP contribution in [0.2, 0.25) is 0 Å². The van der Waals surface area contributed by atoms with Gasteiger partial charge in [-0.1, -0.05) is 6.07 Å². The minimum atomic E-state index is -0.0705. The van der Waals surface area contributed by atoms with Gasteiger partial charge in [0.25, 0.3) is 5.91 Å². The summed E-state index contributed by atoms with van der Waals surface area (Å²) in [5.41, 5.74) is 4.79.